The maximum absolute atomic E-state index is 10.1. The van der Waals surface area contributed by atoms with E-state index < -0.39 is 6.10 Å². The van der Waals surface area contributed by atoms with E-state index in [2.05, 4.69) is 5.10 Å². The van der Waals surface area contributed by atoms with Crippen LogP contribution in [0.3, 0.4) is 0 Å². The van der Waals surface area contributed by atoms with E-state index in [0.29, 0.717) is 10.7 Å². The molecule has 0 saturated heterocycles. The Morgan fingerprint density at radius 2 is 2.12 bits per heavy atom. The average molecular weight is 237 g/mol. The summed E-state index contributed by atoms with van der Waals surface area (Å²) in [6.07, 6.45) is 1.11. The first-order chi connectivity index (χ1) is 7.58. The highest BCUT2D eigenvalue weighted by Crippen LogP contribution is 2.24. The van der Waals surface area contributed by atoms with Crippen molar-refractivity contribution < 1.29 is 5.11 Å². The first kappa shape index (κ1) is 11.2. The molecule has 4 heteroatoms. The third kappa shape index (κ3) is 2.10. The lowest BCUT2D eigenvalue weighted by atomic mass is 10.0. The molecular weight excluding hydrogens is 224 g/mol. The fourth-order valence-electron chi connectivity index (χ4n) is 1.59. The number of aromatic nitrogens is 2. The van der Waals surface area contributed by atoms with Gasteiger partial charge in [-0.2, -0.15) is 5.10 Å². The Labute approximate surface area is 99.3 Å². The lowest BCUT2D eigenvalue weighted by Gasteiger charge is -2.09. The summed E-state index contributed by atoms with van der Waals surface area (Å²) < 4.78 is 1.67. The Morgan fingerprint density at radius 3 is 2.69 bits per heavy atom. The van der Waals surface area contributed by atoms with E-state index in [1.165, 1.54) is 0 Å². The van der Waals surface area contributed by atoms with Gasteiger partial charge in [0.2, 0.25) is 0 Å². The first-order valence-corrected chi connectivity index (χ1v) is 5.39. The molecule has 1 aromatic carbocycles. The summed E-state index contributed by atoms with van der Waals surface area (Å²) in [5.41, 5.74) is 2.40. The predicted molar refractivity (Wildman–Crippen MR) is 63.5 cm³/mol. The number of hydrogen-bond donors (Lipinski definition) is 1. The fourth-order valence-corrected chi connectivity index (χ4v) is 1.71. The molecule has 1 N–H and O–H groups in total. The molecule has 84 valence electrons. The number of hydrogen-bond acceptors (Lipinski definition) is 2. The van der Waals surface area contributed by atoms with Crippen LogP contribution in [-0.2, 0) is 7.05 Å². The van der Waals surface area contributed by atoms with E-state index in [1.54, 1.807) is 23.0 Å². The van der Waals surface area contributed by atoms with Crippen LogP contribution < -0.4 is 0 Å². The fraction of sp³-hybridized carbons (Fsp3) is 0.250. The summed E-state index contributed by atoms with van der Waals surface area (Å²) in [5.74, 6) is 0. The van der Waals surface area contributed by atoms with E-state index in [0.717, 1.165) is 11.1 Å². The number of benzene rings is 1. The minimum atomic E-state index is -0.697. The van der Waals surface area contributed by atoms with Gasteiger partial charge in [0, 0.05) is 18.3 Å². The molecule has 0 bridgehead atoms. The molecule has 1 aromatic heterocycles. The topological polar surface area (TPSA) is 38.0 Å². The van der Waals surface area contributed by atoms with Crippen molar-refractivity contribution in [1.82, 2.24) is 9.78 Å². The normalized spacial score (nSPS) is 12.8. The first-order valence-electron chi connectivity index (χ1n) is 5.01. The second-order valence-electron chi connectivity index (χ2n) is 3.83. The number of rotatable bonds is 2. The van der Waals surface area contributed by atoms with Crippen LogP contribution in [0.4, 0.5) is 0 Å². The van der Waals surface area contributed by atoms with Gasteiger partial charge in [0.1, 0.15) is 6.10 Å². The minimum absolute atomic E-state index is 0.643. The monoisotopic (exact) mass is 236 g/mol. The zero-order valence-corrected chi connectivity index (χ0v) is 9.94. The zero-order valence-electron chi connectivity index (χ0n) is 9.18. The molecule has 2 rings (SSSR count). The van der Waals surface area contributed by atoms with E-state index >= 15 is 0 Å². The van der Waals surface area contributed by atoms with Gasteiger partial charge in [-0.3, -0.25) is 4.68 Å². The minimum Gasteiger partial charge on any atom is -0.382 e. The van der Waals surface area contributed by atoms with Crippen molar-refractivity contribution in [3.8, 4) is 0 Å². The maximum atomic E-state index is 10.1. The van der Waals surface area contributed by atoms with Crippen LogP contribution in [0.2, 0.25) is 5.02 Å². The van der Waals surface area contributed by atoms with Crippen molar-refractivity contribution in [2.45, 2.75) is 13.0 Å². The largest absolute Gasteiger partial charge is 0.382 e. The van der Waals surface area contributed by atoms with E-state index in [1.807, 2.05) is 26.1 Å². The second kappa shape index (κ2) is 4.28. The number of aliphatic hydroxyl groups is 1. The van der Waals surface area contributed by atoms with Crippen molar-refractivity contribution in [2.75, 3.05) is 0 Å². The van der Waals surface area contributed by atoms with Gasteiger partial charge >= 0.3 is 0 Å². The summed E-state index contributed by atoms with van der Waals surface area (Å²) in [6, 6.07) is 7.28. The van der Waals surface area contributed by atoms with Crippen LogP contribution in [0, 0.1) is 6.92 Å². The van der Waals surface area contributed by atoms with Crippen LogP contribution in [0.15, 0.2) is 30.5 Å². The van der Waals surface area contributed by atoms with Gasteiger partial charge in [-0.05, 0) is 30.2 Å². The Hall–Kier alpha value is -1.32. The molecule has 3 nitrogen and oxygen atoms in total. The van der Waals surface area contributed by atoms with E-state index in [-0.39, 0.29) is 0 Å². The molecule has 1 heterocycles. The molecule has 0 saturated carbocycles. The molecular formula is C12H13ClN2O. The van der Waals surface area contributed by atoms with Crippen molar-refractivity contribution in [3.63, 3.8) is 0 Å². The molecule has 0 radical (unpaired) electrons. The van der Waals surface area contributed by atoms with Gasteiger partial charge in [0.15, 0.2) is 0 Å². The van der Waals surface area contributed by atoms with Crippen LogP contribution >= 0.6 is 11.6 Å². The molecule has 16 heavy (non-hydrogen) atoms. The van der Waals surface area contributed by atoms with Gasteiger partial charge in [-0.25, -0.2) is 0 Å². The van der Waals surface area contributed by atoms with Crippen molar-refractivity contribution in [1.29, 1.82) is 0 Å². The molecule has 1 atom stereocenters. The van der Waals surface area contributed by atoms with E-state index in [4.69, 9.17) is 11.6 Å². The zero-order chi connectivity index (χ0) is 11.7. The highest BCUT2D eigenvalue weighted by Gasteiger charge is 2.13. The third-order valence-corrected chi connectivity index (χ3v) is 2.94. The summed E-state index contributed by atoms with van der Waals surface area (Å²) in [6.45, 7) is 1.91. The number of nitrogens with zero attached hydrogens (tertiary/aromatic N) is 2. The lowest BCUT2D eigenvalue weighted by Crippen LogP contribution is -2.02. The molecule has 0 aliphatic carbocycles. The summed E-state index contributed by atoms with van der Waals surface area (Å²) in [5, 5.41) is 15.0. The van der Waals surface area contributed by atoms with Gasteiger partial charge in [0.05, 0.1) is 5.69 Å². The average Bonchev–Trinajstić information content (AvgIpc) is 2.68. The highest BCUT2D eigenvalue weighted by molar-refractivity contribution is 6.31. The quantitative estimate of drug-likeness (QED) is 0.870. The number of halogens is 1. The molecule has 0 amide bonds. The molecule has 0 aliphatic rings. The Kier molecular flexibility index (Phi) is 2.99. The standard InChI is InChI=1S/C12H13ClN2O/c1-8-7-9(3-4-10(8)13)12(16)11-5-6-15(2)14-11/h3-7,12,16H,1-2H3. The van der Waals surface area contributed by atoms with Gasteiger partial charge in [-0.15, -0.1) is 0 Å². The Bertz CT molecular complexity index is 507. The highest BCUT2D eigenvalue weighted by atomic mass is 35.5. The van der Waals surface area contributed by atoms with Crippen LogP contribution in [-0.4, -0.2) is 14.9 Å². The number of aliphatic hydroxyl groups excluding tert-OH is 1. The van der Waals surface area contributed by atoms with E-state index in [9.17, 15) is 5.11 Å². The van der Waals surface area contributed by atoms with Crippen molar-refractivity contribution >= 4 is 11.6 Å². The third-order valence-electron chi connectivity index (χ3n) is 2.51. The van der Waals surface area contributed by atoms with Crippen molar-refractivity contribution in [2.24, 2.45) is 7.05 Å². The van der Waals surface area contributed by atoms with Gasteiger partial charge in [0.25, 0.3) is 0 Å². The van der Waals surface area contributed by atoms with Crippen LogP contribution in [0.25, 0.3) is 0 Å². The maximum Gasteiger partial charge on any atom is 0.123 e. The van der Waals surface area contributed by atoms with Gasteiger partial charge < -0.3 is 5.11 Å². The Balaban J connectivity index is 2.33. The molecule has 0 spiro atoms. The van der Waals surface area contributed by atoms with Crippen LogP contribution in [0.5, 0.6) is 0 Å². The van der Waals surface area contributed by atoms with Crippen LogP contribution in [0.1, 0.15) is 22.9 Å². The molecule has 2 aromatic rings. The summed E-state index contributed by atoms with van der Waals surface area (Å²) in [4.78, 5) is 0. The van der Waals surface area contributed by atoms with Crippen molar-refractivity contribution in [3.05, 3.63) is 52.3 Å². The summed E-state index contributed by atoms with van der Waals surface area (Å²) in [7, 11) is 1.82. The molecule has 1 unspecified atom stereocenters. The molecule has 0 fully saturated rings. The lowest BCUT2D eigenvalue weighted by molar-refractivity contribution is 0.214. The van der Waals surface area contributed by atoms with Gasteiger partial charge in [-0.1, -0.05) is 23.7 Å². The predicted octanol–water partition coefficient (Wildman–Crippen LogP) is 2.46. The summed E-state index contributed by atoms with van der Waals surface area (Å²) >= 11 is 5.93. The second-order valence-corrected chi connectivity index (χ2v) is 4.23. The SMILES string of the molecule is Cc1cc(C(O)c2ccn(C)n2)ccc1Cl. The Morgan fingerprint density at radius 1 is 1.38 bits per heavy atom. The number of aryl methyl sites for hydroxylation is 2. The smallest absolute Gasteiger partial charge is 0.123 e. The molecule has 0 aliphatic heterocycles.